The largest absolute Gasteiger partial charge is 0.507 e. The van der Waals surface area contributed by atoms with E-state index >= 15 is 0 Å². The van der Waals surface area contributed by atoms with Crippen molar-refractivity contribution in [2.75, 3.05) is 13.1 Å². The standard InChI is InChI=1S/C55H62N2O2.2C9H6NS.2Ir.8H2/c1-5-9-13-17-19-21-33-55(34-22-20-18-14-10-6-2)51-39-45(43-27-31-53(58)47(37-43)41-56-35-23-15-11-7-3)25-29-49(51)50-30-26-46(40-52(50)55)44-28-32-54(59)48(38-44)42-57-36-24-16-12-8-4;2*1-2-6-10-8(4-1)9-5-3-7-11-9;;;;;;;;;;/h25-33,37-42,58-59H,1,6-8,10-12,14-16,18,20,22-24,34-36H2,2-4H3;2*1-4,6-7H;;;8*1H/q;2*-1;;;;;;;;;;. The second kappa shape index (κ2) is 37.4. The summed E-state index contributed by atoms with van der Waals surface area (Å²) in [4.78, 5) is 19.9. The first-order valence-electron chi connectivity index (χ1n) is 28.7. The van der Waals surface area contributed by atoms with Gasteiger partial charge in [-0.3, -0.25) is 9.98 Å². The second-order valence-corrected chi connectivity index (χ2v) is 21.8. The van der Waals surface area contributed by atoms with Gasteiger partial charge in [0.2, 0.25) is 0 Å². The molecule has 1 aliphatic carbocycles. The van der Waals surface area contributed by atoms with Gasteiger partial charge in [-0.25, -0.2) is 22.7 Å². The fraction of sp³-hybridized carbons (Fsp3) is 0.288. The SMILES string of the molecule is C=C=C=C=C=C=C=CC1(CCCCCCCC)c2cc(-c3ccc(O)c(C=NCCCCCC)c3)ccc2-c2ccc(-c3ccc(O)c(C=NCCCCCC)c3)cc21.[HH].[HH].[HH].[HH].[HH].[HH].[HH].[HH].[Ir].[Ir].[c-]1ccsc1-c1ccccn1.[c-]1ccsc1-c1ccccn1. The molecule has 4 aromatic carbocycles. The Bertz CT molecular complexity index is 3370. The van der Waals surface area contributed by atoms with Crippen molar-refractivity contribution in [3.05, 3.63) is 226 Å². The summed E-state index contributed by atoms with van der Waals surface area (Å²) in [5.41, 5.74) is 29.4. The van der Waals surface area contributed by atoms with E-state index in [1.54, 1.807) is 47.2 Å². The third-order valence-electron chi connectivity index (χ3n) is 14.1. The molecule has 2 radical (unpaired) electrons. The van der Waals surface area contributed by atoms with E-state index in [0.717, 1.165) is 99.7 Å². The predicted molar refractivity (Wildman–Crippen MR) is 359 cm³/mol. The Morgan fingerprint density at radius 3 is 1.43 bits per heavy atom. The van der Waals surface area contributed by atoms with Gasteiger partial charge in [-0.2, -0.15) is 24.3 Å². The summed E-state index contributed by atoms with van der Waals surface area (Å²) >= 11 is 3.32. The molecule has 1 aliphatic rings. The normalized spacial score (nSPS) is 12.5. The molecule has 6 nitrogen and oxygen atoms in total. The summed E-state index contributed by atoms with van der Waals surface area (Å²) < 4.78 is 0. The number of aliphatic imine (C=N–C) groups is 2. The number of allylic oxidation sites excluding steroid dienone is 1. The molecule has 0 saturated heterocycles. The summed E-state index contributed by atoms with van der Waals surface area (Å²) in [7, 11) is 0. The Morgan fingerprint density at radius 2 is 0.988 bits per heavy atom. The van der Waals surface area contributed by atoms with Gasteiger partial charge in [0.1, 0.15) is 11.5 Å². The van der Waals surface area contributed by atoms with Crippen LogP contribution in [0.4, 0.5) is 0 Å². The molecule has 10 heteroatoms. The Hall–Kier alpha value is -6.76. The van der Waals surface area contributed by atoms with Gasteiger partial charge in [0.25, 0.3) is 0 Å². The van der Waals surface area contributed by atoms with E-state index in [0.29, 0.717) is 0 Å². The van der Waals surface area contributed by atoms with Crippen LogP contribution in [0, 0.1) is 12.1 Å². The van der Waals surface area contributed by atoms with Crippen LogP contribution in [0.5, 0.6) is 11.5 Å². The molecule has 83 heavy (non-hydrogen) atoms. The number of aromatic hydroxyl groups is 2. The van der Waals surface area contributed by atoms with Gasteiger partial charge < -0.3 is 20.2 Å². The van der Waals surface area contributed by atoms with E-state index in [1.807, 2.05) is 96.0 Å². The molecule has 0 amide bonds. The summed E-state index contributed by atoms with van der Waals surface area (Å²) in [6.07, 6.45) is 26.6. The number of fused-ring (bicyclic) bond motifs is 3. The molecule has 0 aliphatic heterocycles. The van der Waals surface area contributed by atoms with Crippen molar-refractivity contribution in [2.45, 2.75) is 122 Å². The van der Waals surface area contributed by atoms with E-state index < -0.39 is 5.41 Å². The fourth-order valence-electron chi connectivity index (χ4n) is 9.80. The zero-order valence-electron chi connectivity index (χ0n) is 48.0. The summed E-state index contributed by atoms with van der Waals surface area (Å²) in [5.74, 6) is 0.460. The maximum absolute atomic E-state index is 10.8. The smallest absolute Gasteiger partial charge is 0.124 e. The number of pyridine rings is 2. The quantitative estimate of drug-likeness (QED) is 0.0273. The third-order valence-corrected chi connectivity index (χ3v) is 15.7. The van der Waals surface area contributed by atoms with Crippen molar-refractivity contribution in [2.24, 2.45) is 9.98 Å². The number of hydrogen-bond donors (Lipinski definition) is 2. The van der Waals surface area contributed by atoms with Gasteiger partial charge in [0, 0.05) is 106 Å². The molecule has 0 unspecified atom stereocenters. The molecular weight excluding hydrogens is 1410 g/mol. The van der Waals surface area contributed by atoms with Crippen LogP contribution in [-0.2, 0) is 45.6 Å². The maximum atomic E-state index is 10.8. The molecule has 4 heterocycles. The summed E-state index contributed by atoms with van der Waals surface area (Å²) in [6.45, 7) is 11.8. The molecule has 0 atom stereocenters. The first kappa shape index (κ1) is 67.0. The number of thiophene rings is 2. The topological polar surface area (TPSA) is 91.0 Å². The van der Waals surface area contributed by atoms with Crippen LogP contribution in [-0.4, -0.2) is 45.7 Å². The fourth-order valence-corrected chi connectivity index (χ4v) is 11.1. The molecule has 0 fully saturated rings. The van der Waals surface area contributed by atoms with E-state index in [4.69, 9.17) is 0 Å². The predicted octanol–water partition coefficient (Wildman–Crippen LogP) is 21.7. The number of unbranched alkanes of at least 4 members (excludes halogenated alkanes) is 11. The van der Waals surface area contributed by atoms with Crippen molar-refractivity contribution < 1.29 is 61.8 Å². The van der Waals surface area contributed by atoms with Gasteiger partial charge in [-0.15, -0.1) is 10.8 Å². The average Bonchev–Trinajstić information content (AvgIpc) is 1.57. The summed E-state index contributed by atoms with van der Waals surface area (Å²) in [5, 5.41) is 25.6. The number of phenolic OH excluding ortho intramolecular Hbond substituents is 2. The minimum absolute atomic E-state index is 0. The second-order valence-electron chi connectivity index (χ2n) is 19.9. The molecule has 4 aromatic heterocycles. The average molecular weight is 1500 g/mol. The summed E-state index contributed by atoms with van der Waals surface area (Å²) in [6, 6.07) is 47.0. The van der Waals surface area contributed by atoms with Crippen molar-refractivity contribution in [3.63, 3.8) is 0 Å². The minimum atomic E-state index is -0.506. The molecule has 8 aromatic rings. The van der Waals surface area contributed by atoms with E-state index in [-0.39, 0.29) is 63.1 Å². The molecule has 0 saturated carbocycles. The van der Waals surface area contributed by atoms with Crippen LogP contribution >= 0.6 is 22.7 Å². The van der Waals surface area contributed by atoms with Crippen LogP contribution in [0.15, 0.2) is 202 Å². The number of aromatic nitrogens is 2. The number of hydrogen-bond acceptors (Lipinski definition) is 8. The van der Waals surface area contributed by atoms with E-state index in [1.165, 1.54) is 86.5 Å². The van der Waals surface area contributed by atoms with Gasteiger partial charge in [0.05, 0.1) is 0 Å². The first-order chi connectivity index (χ1) is 39.9. The van der Waals surface area contributed by atoms with Gasteiger partial charge in [-0.1, -0.05) is 180 Å². The zero-order chi connectivity index (χ0) is 56.7. The number of nitrogens with zero attached hydrogens (tertiary/aromatic N) is 4. The Balaban J connectivity index is -0.000000987. The van der Waals surface area contributed by atoms with Crippen molar-refractivity contribution in [1.82, 2.24) is 9.97 Å². The van der Waals surface area contributed by atoms with Crippen molar-refractivity contribution in [1.29, 1.82) is 0 Å². The molecule has 446 valence electrons. The number of benzene rings is 4. The Labute approximate surface area is 540 Å². The minimum Gasteiger partial charge on any atom is -0.507 e. The van der Waals surface area contributed by atoms with E-state index in [2.05, 4.69) is 136 Å². The van der Waals surface area contributed by atoms with Crippen LogP contribution < -0.4 is 0 Å². The maximum Gasteiger partial charge on any atom is 0.124 e. The van der Waals surface area contributed by atoms with Crippen LogP contribution in [0.2, 0.25) is 0 Å². The molecular formula is C73H90Ir2N4O2S2-2. The first-order valence-corrected chi connectivity index (χ1v) is 30.5. The van der Waals surface area contributed by atoms with Crippen LogP contribution in [0.3, 0.4) is 0 Å². The molecule has 0 bridgehead atoms. The monoisotopic (exact) mass is 1500 g/mol. The number of phenols is 2. The Kier molecular flexibility index (Phi) is 30.2. The van der Waals surface area contributed by atoms with Gasteiger partial charge in [-0.05, 0) is 159 Å². The van der Waals surface area contributed by atoms with Crippen molar-refractivity contribution in [3.8, 4) is 66.0 Å². The Morgan fingerprint density at radius 1 is 0.542 bits per heavy atom. The zero-order valence-corrected chi connectivity index (χ0v) is 54.4. The van der Waals surface area contributed by atoms with Crippen molar-refractivity contribution >= 4 is 35.1 Å². The molecule has 9 rings (SSSR count). The van der Waals surface area contributed by atoms with E-state index in [9.17, 15) is 10.2 Å². The van der Waals surface area contributed by atoms with Gasteiger partial charge >= 0.3 is 0 Å². The molecule has 2 N–H and O–H groups in total. The van der Waals surface area contributed by atoms with Crippen LogP contribution in [0.1, 0.15) is 151 Å². The van der Waals surface area contributed by atoms with Gasteiger partial charge in [0.15, 0.2) is 0 Å². The third kappa shape index (κ3) is 20.2. The van der Waals surface area contributed by atoms with Crippen LogP contribution in [0.25, 0.3) is 54.5 Å². The number of rotatable bonds is 24. The molecule has 0 spiro atoms.